The number of hydrogen-bond acceptors (Lipinski definition) is 2. The van der Waals surface area contributed by atoms with Crippen LogP contribution < -0.4 is 5.32 Å². The minimum Gasteiger partial charge on any atom is -0.316 e. The Morgan fingerprint density at radius 2 is 1.95 bits per heavy atom. The maximum Gasteiger partial charge on any atom is 0.123 e. The lowest BCUT2D eigenvalue weighted by molar-refractivity contribution is -0.108. The lowest BCUT2D eigenvalue weighted by Crippen LogP contribution is -2.23. The van der Waals surface area contributed by atoms with Crippen molar-refractivity contribution < 1.29 is 9.18 Å². The number of aldehydes is 1. The van der Waals surface area contributed by atoms with Crippen LogP contribution in [0.25, 0.3) is 0 Å². The molecule has 1 N–H and O–H groups in total. The van der Waals surface area contributed by atoms with E-state index < -0.39 is 0 Å². The summed E-state index contributed by atoms with van der Waals surface area (Å²) >= 11 is 0. The number of halogens is 1. The topological polar surface area (TPSA) is 29.1 Å². The van der Waals surface area contributed by atoms with Crippen LogP contribution in [-0.4, -0.2) is 19.4 Å². The van der Waals surface area contributed by atoms with Crippen molar-refractivity contribution in [3.05, 3.63) is 35.6 Å². The van der Waals surface area contributed by atoms with Gasteiger partial charge in [0.1, 0.15) is 12.1 Å². The molecule has 1 aromatic rings. The van der Waals surface area contributed by atoms with Crippen LogP contribution in [0.1, 0.15) is 50.5 Å². The molecule has 0 bridgehead atoms. The van der Waals surface area contributed by atoms with Gasteiger partial charge in [-0.15, -0.1) is 0 Å². The minimum absolute atomic E-state index is 0.143. The Balaban J connectivity index is 2.36. The normalized spacial score (nSPS) is 12.3. The molecule has 1 rings (SSSR count). The van der Waals surface area contributed by atoms with Gasteiger partial charge in [-0.25, -0.2) is 4.39 Å². The van der Waals surface area contributed by atoms with Gasteiger partial charge >= 0.3 is 0 Å². The average Bonchev–Trinajstić information content (AvgIpc) is 2.42. The molecule has 106 valence electrons. The van der Waals surface area contributed by atoms with Gasteiger partial charge in [0.2, 0.25) is 0 Å². The van der Waals surface area contributed by atoms with Gasteiger partial charge in [0.15, 0.2) is 0 Å². The third kappa shape index (κ3) is 6.48. The summed E-state index contributed by atoms with van der Waals surface area (Å²) in [5.74, 6) is -0.0922. The number of benzene rings is 1. The summed E-state index contributed by atoms with van der Waals surface area (Å²) in [6, 6.07) is 6.44. The first kappa shape index (κ1) is 15.8. The molecule has 0 saturated heterocycles. The van der Waals surface area contributed by atoms with Gasteiger partial charge in [0, 0.05) is 18.9 Å². The molecule has 1 aromatic carbocycles. The smallest absolute Gasteiger partial charge is 0.123 e. The summed E-state index contributed by atoms with van der Waals surface area (Å²) in [5.41, 5.74) is 1.02. The zero-order valence-electron chi connectivity index (χ0n) is 11.7. The van der Waals surface area contributed by atoms with Crippen LogP contribution in [0.3, 0.4) is 0 Å². The van der Waals surface area contributed by atoms with Gasteiger partial charge in [0.25, 0.3) is 0 Å². The molecule has 0 fully saturated rings. The number of hydrogen-bond donors (Lipinski definition) is 1. The average molecular weight is 265 g/mol. The molecule has 19 heavy (non-hydrogen) atoms. The highest BCUT2D eigenvalue weighted by atomic mass is 19.1. The molecule has 3 heteroatoms. The highest BCUT2D eigenvalue weighted by Gasteiger charge is 2.10. The van der Waals surface area contributed by atoms with E-state index in [9.17, 15) is 9.18 Å². The second kappa shape index (κ2) is 9.68. The maximum atomic E-state index is 12.9. The molecule has 0 spiro atoms. The van der Waals surface area contributed by atoms with Gasteiger partial charge in [-0.2, -0.15) is 0 Å². The van der Waals surface area contributed by atoms with E-state index in [-0.39, 0.29) is 11.7 Å². The van der Waals surface area contributed by atoms with Crippen molar-refractivity contribution in [1.82, 2.24) is 5.32 Å². The summed E-state index contributed by atoms with van der Waals surface area (Å²) in [4.78, 5) is 10.7. The summed E-state index contributed by atoms with van der Waals surface area (Å²) < 4.78 is 12.9. The van der Waals surface area contributed by atoms with Crippen molar-refractivity contribution in [1.29, 1.82) is 0 Å². The lowest BCUT2D eigenvalue weighted by atomic mass is 9.96. The Morgan fingerprint density at radius 1 is 1.21 bits per heavy atom. The van der Waals surface area contributed by atoms with Crippen molar-refractivity contribution in [3.63, 3.8) is 0 Å². The van der Waals surface area contributed by atoms with E-state index >= 15 is 0 Å². The highest BCUT2D eigenvalue weighted by molar-refractivity contribution is 5.51. The van der Waals surface area contributed by atoms with Crippen molar-refractivity contribution in [2.24, 2.45) is 0 Å². The number of nitrogens with one attached hydrogen (secondary N) is 1. The Labute approximate surface area is 115 Å². The molecule has 0 heterocycles. The van der Waals surface area contributed by atoms with Crippen molar-refractivity contribution in [2.75, 3.05) is 13.1 Å². The van der Waals surface area contributed by atoms with E-state index in [1.54, 1.807) is 12.1 Å². The largest absolute Gasteiger partial charge is 0.316 e. The molecule has 2 nitrogen and oxygen atoms in total. The molecule has 0 aliphatic heterocycles. The van der Waals surface area contributed by atoms with Gasteiger partial charge in [-0.1, -0.05) is 38.3 Å². The molecule has 0 amide bonds. The number of carbonyl (C=O) groups excluding carboxylic acids is 1. The third-order valence-electron chi connectivity index (χ3n) is 3.32. The fourth-order valence-corrected chi connectivity index (χ4v) is 2.14. The zero-order chi connectivity index (χ0) is 13.9. The van der Waals surface area contributed by atoms with E-state index in [0.717, 1.165) is 24.9 Å². The van der Waals surface area contributed by atoms with Gasteiger partial charge < -0.3 is 10.1 Å². The van der Waals surface area contributed by atoms with Crippen LogP contribution in [0.15, 0.2) is 24.3 Å². The van der Waals surface area contributed by atoms with Crippen molar-refractivity contribution in [3.8, 4) is 0 Å². The standard InChI is InChI=1S/C16H24FNO/c1-2-3-4-5-11-18-13-15(10-12-19)14-6-8-16(17)9-7-14/h6-9,12,15,18H,2-5,10-11,13H2,1H3. The quantitative estimate of drug-likeness (QED) is 0.516. The van der Waals surface area contributed by atoms with Gasteiger partial charge in [0.05, 0.1) is 0 Å². The molecular formula is C16H24FNO. The first-order valence-electron chi connectivity index (χ1n) is 7.17. The van der Waals surface area contributed by atoms with Crippen LogP contribution in [0.2, 0.25) is 0 Å². The van der Waals surface area contributed by atoms with Crippen molar-refractivity contribution >= 4 is 6.29 Å². The first-order chi connectivity index (χ1) is 9.27. The molecular weight excluding hydrogens is 241 g/mol. The van der Waals surface area contributed by atoms with Crippen LogP contribution in [0.4, 0.5) is 4.39 Å². The second-order valence-corrected chi connectivity index (χ2v) is 4.92. The van der Waals surface area contributed by atoms with Crippen LogP contribution >= 0.6 is 0 Å². The number of carbonyl (C=O) groups is 1. The first-order valence-corrected chi connectivity index (χ1v) is 7.17. The molecule has 1 atom stereocenters. The second-order valence-electron chi connectivity index (χ2n) is 4.92. The summed E-state index contributed by atoms with van der Waals surface area (Å²) in [5, 5.41) is 3.39. The van der Waals surface area contributed by atoms with E-state index in [1.165, 1.54) is 37.8 Å². The Bertz CT molecular complexity index is 350. The van der Waals surface area contributed by atoms with E-state index in [2.05, 4.69) is 12.2 Å². The summed E-state index contributed by atoms with van der Waals surface area (Å²) in [7, 11) is 0. The fraction of sp³-hybridized carbons (Fsp3) is 0.562. The minimum atomic E-state index is -0.235. The van der Waals surface area contributed by atoms with Crippen LogP contribution in [0.5, 0.6) is 0 Å². The monoisotopic (exact) mass is 265 g/mol. The highest BCUT2D eigenvalue weighted by Crippen LogP contribution is 2.18. The predicted molar refractivity (Wildman–Crippen MR) is 76.8 cm³/mol. The molecule has 0 saturated carbocycles. The van der Waals surface area contributed by atoms with E-state index in [4.69, 9.17) is 0 Å². The lowest BCUT2D eigenvalue weighted by Gasteiger charge is -2.15. The Morgan fingerprint density at radius 3 is 2.58 bits per heavy atom. The summed E-state index contributed by atoms with van der Waals surface area (Å²) in [6.07, 6.45) is 6.35. The van der Waals surface area contributed by atoms with Crippen LogP contribution in [0, 0.1) is 5.82 Å². The molecule has 0 radical (unpaired) electrons. The maximum absolute atomic E-state index is 12.9. The predicted octanol–water partition coefficient (Wildman–Crippen LogP) is 3.67. The van der Waals surface area contributed by atoms with E-state index in [0.29, 0.717) is 6.42 Å². The molecule has 0 aliphatic carbocycles. The summed E-state index contributed by atoms with van der Waals surface area (Å²) in [6.45, 7) is 3.95. The van der Waals surface area contributed by atoms with Crippen molar-refractivity contribution in [2.45, 2.75) is 44.9 Å². The van der Waals surface area contributed by atoms with Crippen LogP contribution in [-0.2, 0) is 4.79 Å². The van der Waals surface area contributed by atoms with E-state index in [1.807, 2.05) is 0 Å². The molecule has 1 unspecified atom stereocenters. The van der Waals surface area contributed by atoms with Gasteiger partial charge in [-0.3, -0.25) is 0 Å². The Hall–Kier alpha value is -1.22. The Kier molecular flexibility index (Phi) is 8.07. The fourth-order valence-electron chi connectivity index (χ4n) is 2.14. The SMILES string of the molecule is CCCCCCNCC(CC=O)c1ccc(F)cc1. The molecule has 0 aliphatic rings. The zero-order valence-corrected chi connectivity index (χ0v) is 11.7. The molecule has 0 aromatic heterocycles. The number of unbranched alkanes of at least 4 members (excludes halogenated alkanes) is 3. The van der Waals surface area contributed by atoms with Gasteiger partial charge in [-0.05, 0) is 30.7 Å². The third-order valence-corrected chi connectivity index (χ3v) is 3.32. The number of rotatable bonds is 10.